The topological polar surface area (TPSA) is 85.7 Å². The van der Waals surface area contributed by atoms with Crippen molar-refractivity contribution in [1.82, 2.24) is 19.8 Å². The molecule has 8 nitrogen and oxygen atoms in total. The molecule has 1 N–H and O–H groups in total. The fourth-order valence-electron chi connectivity index (χ4n) is 5.04. The van der Waals surface area contributed by atoms with Crippen molar-refractivity contribution < 1.29 is 19.1 Å². The molecule has 1 fully saturated rings. The smallest absolute Gasteiger partial charge is 0.242 e. The molecule has 1 aliphatic heterocycles. The Kier molecular flexibility index (Phi) is 9.62. The number of methoxy groups -OCH3 is 2. The Hall–Kier alpha value is -3.55. The number of rotatable bonds is 12. The summed E-state index contributed by atoms with van der Waals surface area (Å²) in [7, 11) is 3.18. The number of hydrogen-bond donors (Lipinski definition) is 1. The van der Waals surface area contributed by atoms with E-state index in [-0.39, 0.29) is 11.8 Å². The average Bonchev–Trinajstić information content (AvgIpc) is 3.27. The summed E-state index contributed by atoms with van der Waals surface area (Å²) in [6, 6.07) is 13.6. The minimum atomic E-state index is -0.00960. The van der Waals surface area contributed by atoms with Crippen molar-refractivity contribution in [3.63, 3.8) is 0 Å². The molecular weight excluding hydrogens is 480 g/mol. The minimum Gasteiger partial charge on any atom is -0.493 e. The number of aryl methyl sites for hydroxylation is 1. The fourth-order valence-corrected chi connectivity index (χ4v) is 5.04. The molecule has 2 heterocycles. The first-order chi connectivity index (χ1) is 18.5. The number of benzene rings is 2. The summed E-state index contributed by atoms with van der Waals surface area (Å²) in [5, 5.41) is 3.01. The summed E-state index contributed by atoms with van der Waals surface area (Å²) in [5.41, 5.74) is 2.83. The molecule has 0 atom stereocenters. The van der Waals surface area contributed by atoms with Gasteiger partial charge in [-0.25, -0.2) is 4.98 Å². The third-order valence-electron chi connectivity index (χ3n) is 7.38. The van der Waals surface area contributed by atoms with Gasteiger partial charge < -0.3 is 24.3 Å². The Bertz CT molecular complexity index is 1230. The maximum atomic E-state index is 13.1. The van der Waals surface area contributed by atoms with E-state index in [9.17, 15) is 9.59 Å². The highest BCUT2D eigenvalue weighted by Crippen LogP contribution is 2.27. The molecule has 1 saturated heterocycles. The number of unbranched alkanes of at least 4 members (excludes halogenated alkanes) is 2. The molecule has 38 heavy (non-hydrogen) atoms. The van der Waals surface area contributed by atoms with Crippen molar-refractivity contribution in [2.24, 2.45) is 5.92 Å². The van der Waals surface area contributed by atoms with Crippen LogP contribution in [-0.2, 0) is 29.0 Å². The minimum absolute atomic E-state index is 0.00960. The van der Waals surface area contributed by atoms with Crippen LogP contribution in [0.25, 0.3) is 11.0 Å². The summed E-state index contributed by atoms with van der Waals surface area (Å²) in [4.78, 5) is 32.3. The second-order valence-electron chi connectivity index (χ2n) is 10.2. The number of nitrogens with zero attached hydrogens (tertiary/aromatic N) is 3. The number of ether oxygens (including phenoxy) is 2. The van der Waals surface area contributed by atoms with Crippen molar-refractivity contribution >= 4 is 22.8 Å². The number of hydrogen-bond acceptors (Lipinski definition) is 5. The molecule has 0 spiro atoms. The van der Waals surface area contributed by atoms with Gasteiger partial charge in [-0.05, 0) is 61.4 Å². The van der Waals surface area contributed by atoms with Gasteiger partial charge in [-0.3, -0.25) is 9.59 Å². The molecule has 2 aromatic carbocycles. The van der Waals surface area contributed by atoms with Crippen molar-refractivity contribution in [2.75, 3.05) is 33.9 Å². The molecule has 1 aromatic heterocycles. The van der Waals surface area contributed by atoms with Crippen LogP contribution < -0.4 is 14.8 Å². The van der Waals surface area contributed by atoms with Gasteiger partial charge in [-0.15, -0.1) is 0 Å². The van der Waals surface area contributed by atoms with Gasteiger partial charge >= 0.3 is 0 Å². The van der Waals surface area contributed by atoms with Crippen LogP contribution in [0.15, 0.2) is 42.5 Å². The average molecular weight is 521 g/mol. The van der Waals surface area contributed by atoms with Gasteiger partial charge in [0.15, 0.2) is 11.5 Å². The van der Waals surface area contributed by atoms with E-state index in [0.29, 0.717) is 36.9 Å². The summed E-state index contributed by atoms with van der Waals surface area (Å²) in [5.74, 6) is 3.09. The fraction of sp³-hybridized carbons (Fsp3) is 0.500. The van der Waals surface area contributed by atoms with Crippen molar-refractivity contribution in [3.8, 4) is 11.5 Å². The lowest BCUT2D eigenvalue weighted by molar-refractivity contribution is -0.133. The predicted molar refractivity (Wildman–Crippen MR) is 149 cm³/mol. The number of carbonyl (C=O) groups excluding carboxylic acids is 2. The van der Waals surface area contributed by atoms with E-state index in [1.165, 1.54) is 0 Å². The number of fused-ring (bicyclic) bond motifs is 1. The number of likely N-dealkylation sites (tertiary alicyclic amines) is 1. The van der Waals surface area contributed by atoms with Crippen molar-refractivity contribution in [2.45, 2.75) is 58.4 Å². The molecule has 0 radical (unpaired) electrons. The van der Waals surface area contributed by atoms with E-state index < -0.39 is 0 Å². The summed E-state index contributed by atoms with van der Waals surface area (Å²) < 4.78 is 12.7. The molecule has 204 valence electrons. The van der Waals surface area contributed by atoms with Crippen molar-refractivity contribution in [3.05, 3.63) is 53.9 Å². The Balaban J connectivity index is 1.24. The van der Waals surface area contributed by atoms with Crippen LogP contribution in [0.4, 0.5) is 0 Å². The Morgan fingerprint density at radius 3 is 2.53 bits per heavy atom. The molecule has 1 aliphatic rings. The van der Waals surface area contributed by atoms with Gasteiger partial charge in [0.25, 0.3) is 0 Å². The standard InChI is InChI=1S/C30H40N4O4/c1-22-14-17-33(18-15-22)30(36)21-34-25-10-7-6-9-24(25)32-28(34)11-5-4-8-16-31-29(35)20-23-12-13-26(37-2)27(19-23)38-3/h6-7,9-10,12-13,19,22H,4-5,8,11,14-18,20-21H2,1-3H3,(H,31,35). The SMILES string of the molecule is COc1ccc(CC(=O)NCCCCCc2nc3ccccc3n2CC(=O)N2CCC(C)CC2)cc1OC. The third kappa shape index (κ3) is 7.05. The van der Waals surface area contributed by atoms with Crippen LogP contribution in [0.3, 0.4) is 0 Å². The highest BCUT2D eigenvalue weighted by molar-refractivity contribution is 5.81. The number of imidazole rings is 1. The van der Waals surface area contributed by atoms with Crippen LogP contribution >= 0.6 is 0 Å². The molecule has 8 heteroatoms. The largest absolute Gasteiger partial charge is 0.493 e. The maximum absolute atomic E-state index is 13.1. The summed E-state index contributed by atoms with van der Waals surface area (Å²) in [6.07, 6.45) is 6.07. The first-order valence-corrected chi connectivity index (χ1v) is 13.7. The van der Waals surface area contributed by atoms with Gasteiger partial charge in [-0.2, -0.15) is 0 Å². The maximum Gasteiger partial charge on any atom is 0.242 e. The highest BCUT2D eigenvalue weighted by Gasteiger charge is 2.22. The Morgan fingerprint density at radius 1 is 1.00 bits per heavy atom. The number of aromatic nitrogens is 2. The van der Waals surface area contributed by atoms with Gasteiger partial charge in [0.2, 0.25) is 11.8 Å². The quantitative estimate of drug-likeness (QED) is 0.358. The Morgan fingerprint density at radius 2 is 1.76 bits per heavy atom. The number of amides is 2. The molecule has 2 amide bonds. The van der Waals surface area contributed by atoms with Crippen molar-refractivity contribution in [1.29, 1.82) is 0 Å². The van der Waals surface area contributed by atoms with Gasteiger partial charge in [0.05, 0.1) is 31.7 Å². The van der Waals surface area contributed by atoms with Crippen LogP contribution in [0.5, 0.6) is 11.5 Å². The van der Waals surface area contributed by atoms with Crippen LogP contribution in [-0.4, -0.2) is 60.1 Å². The normalized spacial score (nSPS) is 14.0. The number of para-hydroxylation sites is 2. The molecule has 4 rings (SSSR count). The predicted octanol–water partition coefficient (Wildman–Crippen LogP) is 4.38. The van der Waals surface area contributed by atoms with E-state index in [1.807, 2.05) is 47.4 Å². The molecule has 0 aliphatic carbocycles. The van der Waals surface area contributed by atoms with E-state index in [1.54, 1.807) is 14.2 Å². The number of piperidine rings is 1. The van der Waals surface area contributed by atoms with Crippen LogP contribution in [0.1, 0.15) is 50.4 Å². The Labute approximate surface area is 225 Å². The lowest BCUT2D eigenvalue weighted by Gasteiger charge is -2.30. The monoisotopic (exact) mass is 520 g/mol. The summed E-state index contributed by atoms with van der Waals surface area (Å²) >= 11 is 0. The van der Waals surface area contributed by atoms with E-state index in [4.69, 9.17) is 14.5 Å². The van der Waals surface area contributed by atoms with Crippen LogP contribution in [0, 0.1) is 5.92 Å². The number of carbonyl (C=O) groups is 2. The second-order valence-corrected chi connectivity index (χ2v) is 10.2. The zero-order valence-electron chi connectivity index (χ0n) is 22.9. The lowest BCUT2D eigenvalue weighted by atomic mass is 9.99. The molecule has 3 aromatic rings. The van der Waals surface area contributed by atoms with Crippen LogP contribution in [0.2, 0.25) is 0 Å². The molecular formula is C30H40N4O4. The molecule has 0 saturated carbocycles. The first kappa shape index (κ1) is 27.5. The molecule has 0 unspecified atom stereocenters. The summed E-state index contributed by atoms with van der Waals surface area (Å²) in [6.45, 7) is 4.93. The van der Waals surface area contributed by atoms with E-state index in [2.05, 4.69) is 16.8 Å². The molecule has 0 bridgehead atoms. The highest BCUT2D eigenvalue weighted by atomic mass is 16.5. The van der Waals surface area contributed by atoms with Gasteiger partial charge in [-0.1, -0.05) is 31.5 Å². The first-order valence-electron chi connectivity index (χ1n) is 13.7. The van der Waals surface area contributed by atoms with Gasteiger partial charge in [0, 0.05) is 26.1 Å². The zero-order valence-corrected chi connectivity index (χ0v) is 22.9. The lowest BCUT2D eigenvalue weighted by Crippen LogP contribution is -2.39. The second kappa shape index (κ2) is 13.3. The van der Waals surface area contributed by atoms with E-state index in [0.717, 1.165) is 74.0 Å². The van der Waals surface area contributed by atoms with Gasteiger partial charge in [0.1, 0.15) is 12.4 Å². The zero-order chi connectivity index (χ0) is 26.9. The van der Waals surface area contributed by atoms with E-state index >= 15 is 0 Å². The number of nitrogens with one attached hydrogen (secondary N) is 1. The third-order valence-corrected chi connectivity index (χ3v) is 7.38.